The van der Waals surface area contributed by atoms with E-state index in [1.807, 2.05) is 12.1 Å². The van der Waals surface area contributed by atoms with Crippen molar-refractivity contribution in [3.8, 4) is 17.2 Å². The van der Waals surface area contributed by atoms with E-state index in [9.17, 15) is 8.78 Å². The first-order valence-corrected chi connectivity index (χ1v) is 10.7. The molecule has 1 nitrogen and oxygen atoms in total. The third-order valence-corrected chi connectivity index (χ3v) is 6.99. The van der Waals surface area contributed by atoms with Crippen LogP contribution in [-0.4, -0.2) is 0 Å². The molecule has 0 spiro atoms. The van der Waals surface area contributed by atoms with Gasteiger partial charge in [0.2, 0.25) is 0 Å². The zero-order chi connectivity index (χ0) is 20.4. The van der Waals surface area contributed by atoms with Gasteiger partial charge < -0.3 is 0 Å². The molecule has 2 aromatic carbocycles. The predicted octanol–water partition coefficient (Wildman–Crippen LogP) is 7.38. The molecule has 2 aliphatic carbocycles. The van der Waals surface area contributed by atoms with Crippen LogP contribution in [0.5, 0.6) is 0 Å². The summed E-state index contributed by atoms with van der Waals surface area (Å²) in [7, 11) is 0. The molecule has 4 atom stereocenters. The molecular weight excluding hydrogens is 364 g/mol. The van der Waals surface area contributed by atoms with Crippen molar-refractivity contribution in [1.82, 2.24) is 0 Å². The second-order valence-electron chi connectivity index (χ2n) is 8.68. The first-order chi connectivity index (χ1) is 14.1. The molecular formula is C26H27F2N. The maximum Gasteiger partial charge on any atom is 0.144 e. The molecule has 0 saturated heterocycles. The minimum Gasteiger partial charge on any atom is -0.205 e. The van der Waals surface area contributed by atoms with E-state index in [-0.39, 0.29) is 0 Å². The summed E-state index contributed by atoms with van der Waals surface area (Å²) in [6.45, 7) is 2.12. The molecule has 0 radical (unpaired) electrons. The van der Waals surface area contributed by atoms with E-state index in [4.69, 9.17) is 5.26 Å². The molecule has 0 aromatic heterocycles. The normalized spacial score (nSPS) is 26.8. The van der Waals surface area contributed by atoms with Gasteiger partial charge in [-0.1, -0.05) is 36.4 Å². The molecule has 0 heterocycles. The van der Waals surface area contributed by atoms with Crippen LogP contribution in [0, 0.1) is 40.7 Å². The molecule has 29 heavy (non-hydrogen) atoms. The van der Waals surface area contributed by atoms with Crippen molar-refractivity contribution >= 4 is 0 Å². The molecule has 0 N–H and O–H groups in total. The average Bonchev–Trinajstić information content (AvgIpc) is 2.73. The fourth-order valence-electron chi connectivity index (χ4n) is 5.47. The largest absolute Gasteiger partial charge is 0.205 e. The van der Waals surface area contributed by atoms with Gasteiger partial charge >= 0.3 is 0 Å². The summed E-state index contributed by atoms with van der Waals surface area (Å²) in [6, 6.07) is 12.2. The van der Waals surface area contributed by atoms with E-state index in [2.05, 4.69) is 31.2 Å². The van der Waals surface area contributed by atoms with Crippen LogP contribution >= 0.6 is 0 Å². The van der Waals surface area contributed by atoms with Crippen LogP contribution in [0.4, 0.5) is 8.78 Å². The van der Waals surface area contributed by atoms with Gasteiger partial charge in [-0.2, -0.15) is 5.26 Å². The Bertz CT molecular complexity index is 915. The number of hydrogen-bond acceptors (Lipinski definition) is 1. The Balaban J connectivity index is 1.46. The van der Waals surface area contributed by atoms with E-state index in [0.717, 1.165) is 23.3 Å². The molecule has 0 amide bonds. The predicted molar refractivity (Wildman–Crippen MR) is 112 cm³/mol. The molecule has 3 heteroatoms. The van der Waals surface area contributed by atoms with Gasteiger partial charge in [0, 0.05) is 0 Å². The number of fused-ring (bicyclic) bond motifs is 1. The fraction of sp³-hybridized carbons (Fsp3) is 0.423. The van der Waals surface area contributed by atoms with E-state index in [1.165, 1.54) is 56.2 Å². The van der Waals surface area contributed by atoms with Crippen LogP contribution in [0.15, 0.2) is 48.6 Å². The summed E-state index contributed by atoms with van der Waals surface area (Å²) in [5.41, 5.74) is 2.05. The first kappa shape index (κ1) is 19.8. The van der Waals surface area contributed by atoms with E-state index in [0.29, 0.717) is 11.5 Å². The van der Waals surface area contributed by atoms with E-state index >= 15 is 0 Å². The quantitative estimate of drug-likeness (QED) is 0.501. The highest BCUT2D eigenvalue weighted by molar-refractivity contribution is 5.65. The molecule has 4 unspecified atom stereocenters. The Morgan fingerprint density at radius 1 is 0.897 bits per heavy atom. The summed E-state index contributed by atoms with van der Waals surface area (Å²) in [4.78, 5) is 0. The van der Waals surface area contributed by atoms with Gasteiger partial charge in [-0.05, 0) is 97.9 Å². The van der Waals surface area contributed by atoms with Crippen molar-refractivity contribution in [2.24, 2.45) is 17.8 Å². The Morgan fingerprint density at radius 2 is 1.55 bits per heavy atom. The lowest BCUT2D eigenvalue weighted by Gasteiger charge is -2.41. The van der Waals surface area contributed by atoms with Crippen molar-refractivity contribution < 1.29 is 8.78 Å². The monoisotopic (exact) mass is 391 g/mol. The lowest BCUT2D eigenvalue weighted by atomic mass is 9.64. The van der Waals surface area contributed by atoms with Crippen LogP contribution in [0.3, 0.4) is 0 Å². The molecule has 0 aliphatic heterocycles. The SMILES string of the molecule is C/C=C/C1CCC2CC(c3ccc(-c4cc(F)c(C#N)c(F)c4)cc3)CCC2C1. The van der Waals surface area contributed by atoms with Crippen LogP contribution in [0.1, 0.15) is 62.5 Å². The minimum absolute atomic E-state index is 0.469. The third kappa shape index (κ3) is 4.13. The first-order valence-electron chi connectivity index (χ1n) is 10.7. The van der Waals surface area contributed by atoms with Gasteiger partial charge in [0.25, 0.3) is 0 Å². The minimum atomic E-state index is -0.807. The molecule has 4 rings (SSSR count). The average molecular weight is 392 g/mol. The standard InChI is InChI=1S/C26H27F2N/c1-2-3-17-4-5-22-13-21(11-10-20(22)12-17)18-6-8-19(9-7-18)23-14-25(27)24(16-29)26(28)15-23/h2-3,6-9,14-15,17,20-22H,4-5,10-13H2,1H3/b3-2+. The van der Waals surface area contributed by atoms with Crippen molar-refractivity contribution in [3.63, 3.8) is 0 Å². The summed E-state index contributed by atoms with van der Waals surface area (Å²) in [6.07, 6.45) is 12.4. The van der Waals surface area contributed by atoms with Crippen molar-refractivity contribution in [3.05, 3.63) is 71.3 Å². The lowest BCUT2D eigenvalue weighted by molar-refractivity contribution is 0.133. The highest BCUT2D eigenvalue weighted by atomic mass is 19.1. The number of benzene rings is 2. The van der Waals surface area contributed by atoms with Gasteiger partial charge in [0.1, 0.15) is 23.3 Å². The van der Waals surface area contributed by atoms with Crippen LogP contribution in [0.25, 0.3) is 11.1 Å². The Morgan fingerprint density at radius 3 is 2.21 bits per heavy atom. The van der Waals surface area contributed by atoms with Crippen molar-refractivity contribution in [1.29, 1.82) is 5.26 Å². The highest BCUT2D eigenvalue weighted by Crippen LogP contribution is 2.48. The topological polar surface area (TPSA) is 23.8 Å². The Hall–Kier alpha value is -2.47. The summed E-state index contributed by atoms with van der Waals surface area (Å²) >= 11 is 0. The number of nitrogens with zero attached hydrogens (tertiary/aromatic N) is 1. The zero-order valence-corrected chi connectivity index (χ0v) is 16.9. The highest BCUT2D eigenvalue weighted by Gasteiger charge is 2.35. The van der Waals surface area contributed by atoms with Crippen molar-refractivity contribution in [2.75, 3.05) is 0 Å². The summed E-state index contributed by atoms with van der Waals surface area (Å²) in [5, 5.41) is 8.83. The fourth-order valence-corrected chi connectivity index (χ4v) is 5.47. The molecule has 2 saturated carbocycles. The molecule has 2 fully saturated rings. The summed E-state index contributed by atoms with van der Waals surface area (Å²) in [5.74, 6) is 1.43. The maximum absolute atomic E-state index is 13.9. The lowest BCUT2D eigenvalue weighted by Crippen LogP contribution is -2.30. The zero-order valence-electron chi connectivity index (χ0n) is 16.9. The number of allylic oxidation sites excluding steroid dienone is 2. The Kier molecular flexibility index (Phi) is 5.81. The van der Waals surface area contributed by atoms with Gasteiger partial charge in [0.05, 0.1) is 0 Å². The van der Waals surface area contributed by atoms with E-state index in [1.54, 1.807) is 6.07 Å². The Labute approximate surface area is 172 Å². The van der Waals surface area contributed by atoms with Gasteiger partial charge in [-0.25, -0.2) is 8.78 Å². The second kappa shape index (κ2) is 8.49. The van der Waals surface area contributed by atoms with Crippen molar-refractivity contribution in [2.45, 2.75) is 51.4 Å². The maximum atomic E-state index is 13.9. The smallest absolute Gasteiger partial charge is 0.144 e. The second-order valence-corrected chi connectivity index (χ2v) is 8.68. The molecule has 150 valence electrons. The van der Waals surface area contributed by atoms with Crippen LogP contribution in [-0.2, 0) is 0 Å². The number of hydrogen-bond donors (Lipinski definition) is 0. The van der Waals surface area contributed by atoms with Crippen LogP contribution in [0.2, 0.25) is 0 Å². The van der Waals surface area contributed by atoms with Gasteiger partial charge in [0.15, 0.2) is 0 Å². The van der Waals surface area contributed by atoms with Gasteiger partial charge in [-0.3, -0.25) is 0 Å². The number of rotatable bonds is 3. The van der Waals surface area contributed by atoms with Crippen LogP contribution < -0.4 is 0 Å². The molecule has 0 bridgehead atoms. The number of halogens is 2. The summed E-state index contributed by atoms with van der Waals surface area (Å²) < 4.78 is 27.9. The number of nitriles is 1. The van der Waals surface area contributed by atoms with Gasteiger partial charge in [-0.15, -0.1) is 0 Å². The third-order valence-electron chi connectivity index (χ3n) is 6.99. The molecule has 2 aliphatic rings. The molecule has 2 aromatic rings. The van der Waals surface area contributed by atoms with E-state index < -0.39 is 17.2 Å².